The average Bonchev–Trinajstić information content (AvgIpc) is 2.69. The maximum Gasteiger partial charge on any atom is 0.245 e. The Morgan fingerprint density at radius 3 is 2.94 bits per heavy atom. The molecule has 1 aliphatic heterocycles. The quantitative estimate of drug-likeness (QED) is 0.873. The number of sulfonamides is 1. The van der Waals surface area contributed by atoms with Crippen LogP contribution >= 0.6 is 27.3 Å². The van der Waals surface area contributed by atoms with Crippen molar-refractivity contribution < 1.29 is 8.42 Å². The van der Waals surface area contributed by atoms with E-state index in [1.54, 1.807) is 13.0 Å². The van der Waals surface area contributed by atoms with Crippen LogP contribution in [0.3, 0.4) is 0 Å². The summed E-state index contributed by atoms with van der Waals surface area (Å²) in [6, 6.07) is 3.00. The number of nitrogens with zero attached hydrogens (tertiary/aromatic N) is 2. The number of nitriles is 1. The first kappa shape index (κ1) is 14.0. The largest absolute Gasteiger partial charge is 0.313 e. The van der Waals surface area contributed by atoms with Crippen molar-refractivity contribution in [3.63, 3.8) is 0 Å². The van der Waals surface area contributed by atoms with Gasteiger partial charge in [0.15, 0.2) is 0 Å². The molecule has 1 fully saturated rings. The van der Waals surface area contributed by atoms with E-state index in [1.807, 2.05) is 6.07 Å². The number of piperazine rings is 1. The molecule has 2 heterocycles. The van der Waals surface area contributed by atoms with E-state index in [-0.39, 0.29) is 0 Å². The van der Waals surface area contributed by atoms with Gasteiger partial charge in [-0.05, 0) is 28.9 Å². The fourth-order valence-electron chi connectivity index (χ4n) is 1.90. The molecule has 98 valence electrons. The Kier molecular flexibility index (Phi) is 4.08. The zero-order valence-electron chi connectivity index (χ0n) is 9.68. The molecule has 1 aromatic rings. The van der Waals surface area contributed by atoms with Crippen LogP contribution in [-0.4, -0.2) is 38.4 Å². The second-order valence-electron chi connectivity index (χ2n) is 3.94. The molecule has 0 radical (unpaired) electrons. The number of nitrogens with one attached hydrogen (secondary N) is 1. The summed E-state index contributed by atoms with van der Waals surface area (Å²) in [6.07, 6.45) is 0. The monoisotopic (exact) mass is 349 g/mol. The predicted molar refractivity (Wildman–Crippen MR) is 72.9 cm³/mol. The SMILES string of the molecule is Cc1sc(Br)cc1S(=O)(=O)N1CCNCC1C#N. The van der Waals surface area contributed by atoms with Gasteiger partial charge in [0, 0.05) is 24.5 Å². The minimum absolute atomic E-state index is 0.293. The molecule has 0 spiro atoms. The van der Waals surface area contributed by atoms with Gasteiger partial charge < -0.3 is 5.32 Å². The molecular weight excluding hydrogens is 338 g/mol. The van der Waals surface area contributed by atoms with Crippen LogP contribution < -0.4 is 5.32 Å². The highest BCUT2D eigenvalue weighted by molar-refractivity contribution is 9.11. The molecule has 1 aromatic heterocycles. The topological polar surface area (TPSA) is 73.2 Å². The molecule has 0 amide bonds. The lowest BCUT2D eigenvalue weighted by molar-refractivity contribution is 0.312. The van der Waals surface area contributed by atoms with Gasteiger partial charge in [-0.15, -0.1) is 11.3 Å². The Labute approximate surface area is 119 Å². The summed E-state index contributed by atoms with van der Waals surface area (Å²) in [5, 5.41) is 12.1. The molecule has 1 atom stereocenters. The molecule has 0 saturated carbocycles. The highest BCUT2D eigenvalue weighted by Gasteiger charge is 2.35. The second-order valence-corrected chi connectivity index (χ2v) is 8.43. The lowest BCUT2D eigenvalue weighted by atomic mass is 10.3. The van der Waals surface area contributed by atoms with Gasteiger partial charge in [-0.2, -0.15) is 9.57 Å². The van der Waals surface area contributed by atoms with E-state index in [0.29, 0.717) is 24.5 Å². The van der Waals surface area contributed by atoms with Crippen LogP contribution in [0.1, 0.15) is 4.88 Å². The normalized spacial score (nSPS) is 21.7. The molecule has 1 saturated heterocycles. The van der Waals surface area contributed by atoms with Crippen molar-refractivity contribution >= 4 is 37.3 Å². The molecular formula is C10H12BrN3O2S2. The third-order valence-electron chi connectivity index (χ3n) is 2.77. The molecule has 0 bridgehead atoms. The molecule has 1 N–H and O–H groups in total. The smallest absolute Gasteiger partial charge is 0.245 e. The minimum Gasteiger partial charge on any atom is -0.313 e. The molecule has 18 heavy (non-hydrogen) atoms. The van der Waals surface area contributed by atoms with Crippen LogP contribution in [0.5, 0.6) is 0 Å². The zero-order valence-corrected chi connectivity index (χ0v) is 12.9. The van der Waals surface area contributed by atoms with Gasteiger partial charge >= 0.3 is 0 Å². The van der Waals surface area contributed by atoms with Crippen molar-refractivity contribution in [2.45, 2.75) is 17.9 Å². The maximum atomic E-state index is 12.5. The summed E-state index contributed by atoms with van der Waals surface area (Å²) in [5.41, 5.74) is 0. The van der Waals surface area contributed by atoms with Gasteiger partial charge in [-0.25, -0.2) is 8.42 Å². The third kappa shape index (κ3) is 2.46. The highest BCUT2D eigenvalue weighted by atomic mass is 79.9. The molecule has 2 rings (SSSR count). The summed E-state index contributed by atoms with van der Waals surface area (Å²) in [6.45, 7) is 3.04. The van der Waals surface area contributed by atoms with E-state index < -0.39 is 16.1 Å². The minimum atomic E-state index is -3.58. The lowest BCUT2D eigenvalue weighted by Gasteiger charge is -2.30. The lowest BCUT2D eigenvalue weighted by Crippen LogP contribution is -2.52. The first-order valence-corrected chi connectivity index (χ1v) is 8.40. The van der Waals surface area contributed by atoms with Crippen LogP contribution in [0, 0.1) is 18.3 Å². The van der Waals surface area contributed by atoms with Crippen molar-refractivity contribution in [3.05, 3.63) is 14.7 Å². The van der Waals surface area contributed by atoms with E-state index in [1.165, 1.54) is 15.6 Å². The van der Waals surface area contributed by atoms with Crippen molar-refractivity contribution in [2.75, 3.05) is 19.6 Å². The summed E-state index contributed by atoms with van der Waals surface area (Å²) in [5.74, 6) is 0. The summed E-state index contributed by atoms with van der Waals surface area (Å²) >= 11 is 4.67. The maximum absolute atomic E-state index is 12.5. The number of hydrogen-bond acceptors (Lipinski definition) is 5. The fourth-order valence-corrected chi connectivity index (χ4v) is 5.82. The Morgan fingerprint density at radius 2 is 2.39 bits per heavy atom. The van der Waals surface area contributed by atoms with Gasteiger partial charge in [0.2, 0.25) is 10.0 Å². The second kappa shape index (κ2) is 5.27. The van der Waals surface area contributed by atoms with E-state index in [9.17, 15) is 8.42 Å². The molecule has 5 nitrogen and oxygen atoms in total. The van der Waals surface area contributed by atoms with E-state index >= 15 is 0 Å². The first-order valence-electron chi connectivity index (χ1n) is 5.35. The Bertz CT molecular complexity index is 591. The van der Waals surface area contributed by atoms with Crippen molar-refractivity contribution in [3.8, 4) is 6.07 Å². The van der Waals surface area contributed by atoms with Crippen molar-refractivity contribution in [1.29, 1.82) is 5.26 Å². The molecule has 0 aromatic carbocycles. The van der Waals surface area contributed by atoms with Gasteiger partial charge in [-0.3, -0.25) is 0 Å². The number of rotatable bonds is 2. The number of halogens is 1. The van der Waals surface area contributed by atoms with Gasteiger partial charge in [0.05, 0.1) is 14.8 Å². The van der Waals surface area contributed by atoms with E-state index in [4.69, 9.17) is 5.26 Å². The Balaban J connectivity index is 2.42. The summed E-state index contributed by atoms with van der Waals surface area (Å²) < 4.78 is 27.1. The van der Waals surface area contributed by atoms with Gasteiger partial charge in [-0.1, -0.05) is 0 Å². The number of aryl methyl sites for hydroxylation is 1. The van der Waals surface area contributed by atoms with Crippen molar-refractivity contribution in [1.82, 2.24) is 9.62 Å². The van der Waals surface area contributed by atoms with Crippen LogP contribution in [0.15, 0.2) is 14.7 Å². The zero-order chi connectivity index (χ0) is 13.3. The fraction of sp³-hybridized carbons (Fsp3) is 0.500. The van der Waals surface area contributed by atoms with E-state index in [0.717, 1.165) is 8.66 Å². The van der Waals surface area contributed by atoms with E-state index in [2.05, 4.69) is 21.2 Å². The number of hydrogen-bond donors (Lipinski definition) is 1. The van der Waals surface area contributed by atoms with Crippen LogP contribution in [-0.2, 0) is 10.0 Å². The molecule has 0 aliphatic carbocycles. The van der Waals surface area contributed by atoms with Gasteiger partial charge in [0.1, 0.15) is 6.04 Å². The van der Waals surface area contributed by atoms with Gasteiger partial charge in [0.25, 0.3) is 0 Å². The summed E-state index contributed by atoms with van der Waals surface area (Å²) in [7, 11) is -3.58. The van der Waals surface area contributed by atoms with Crippen LogP contribution in [0.2, 0.25) is 0 Å². The highest BCUT2D eigenvalue weighted by Crippen LogP contribution is 2.32. The standard InChI is InChI=1S/C10H12BrN3O2S2/c1-7-9(4-10(11)17-7)18(15,16)14-3-2-13-6-8(14)5-12/h4,8,13H,2-3,6H2,1H3. The Hall–Kier alpha value is -0.460. The molecule has 8 heteroatoms. The first-order chi connectivity index (χ1) is 8.46. The van der Waals surface area contributed by atoms with Crippen LogP contribution in [0.4, 0.5) is 0 Å². The molecule has 1 unspecified atom stereocenters. The Morgan fingerprint density at radius 1 is 1.67 bits per heavy atom. The van der Waals surface area contributed by atoms with Crippen LogP contribution in [0.25, 0.3) is 0 Å². The summed E-state index contributed by atoms with van der Waals surface area (Å²) in [4.78, 5) is 1.03. The van der Waals surface area contributed by atoms with Crippen molar-refractivity contribution in [2.24, 2.45) is 0 Å². The molecule has 1 aliphatic rings. The predicted octanol–water partition coefficient (Wildman–Crippen LogP) is 1.31. The average molecular weight is 350 g/mol. The third-order valence-corrected chi connectivity index (χ3v) is 6.49. The number of thiophene rings is 1.